The van der Waals surface area contributed by atoms with Crippen LogP contribution in [0, 0.1) is 47.9 Å². The molecule has 0 radical (unpaired) electrons. The fourth-order valence-electron chi connectivity index (χ4n) is 7.65. The smallest absolute Gasteiger partial charge is 0.200 e. The van der Waals surface area contributed by atoms with E-state index in [1.54, 1.807) is 38.1 Å². The Bertz CT molecular complexity index is 1130. The van der Waals surface area contributed by atoms with Crippen molar-refractivity contribution in [3.8, 4) is 5.75 Å². The van der Waals surface area contributed by atoms with Crippen LogP contribution >= 0.6 is 0 Å². The van der Waals surface area contributed by atoms with Crippen molar-refractivity contribution in [1.29, 1.82) is 0 Å². The molecular formula is C34H44F4O2. The Morgan fingerprint density at radius 2 is 1.15 bits per heavy atom. The van der Waals surface area contributed by atoms with Crippen molar-refractivity contribution >= 4 is 0 Å². The first kappa shape index (κ1) is 29.4. The molecule has 2 aromatic rings. The van der Waals surface area contributed by atoms with E-state index in [4.69, 9.17) is 9.47 Å². The molecule has 2 nitrogen and oxygen atoms in total. The SMILES string of the molecule is CCOc1ccc(C2CCC(C3CCC(COC4CCC(c5ccc(C)c(F)c5F)CC4)CC3)CC2)c(F)c1F. The summed E-state index contributed by atoms with van der Waals surface area (Å²) >= 11 is 0. The first-order valence-electron chi connectivity index (χ1n) is 15.5. The second kappa shape index (κ2) is 13.3. The van der Waals surface area contributed by atoms with Crippen LogP contribution in [-0.2, 0) is 4.74 Å². The largest absolute Gasteiger partial charge is 0.491 e. The van der Waals surface area contributed by atoms with Crippen molar-refractivity contribution < 1.29 is 27.0 Å². The van der Waals surface area contributed by atoms with E-state index in [0.29, 0.717) is 35.1 Å². The maximum absolute atomic E-state index is 14.7. The first-order valence-corrected chi connectivity index (χ1v) is 15.5. The lowest BCUT2D eigenvalue weighted by Gasteiger charge is -2.38. The van der Waals surface area contributed by atoms with Crippen LogP contribution in [0.2, 0.25) is 0 Å². The lowest BCUT2D eigenvalue weighted by molar-refractivity contribution is -0.00763. The molecule has 0 N–H and O–H groups in total. The molecule has 3 aliphatic carbocycles. The Hall–Kier alpha value is -2.08. The molecule has 0 amide bonds. The first-order chi connectivity index (χ1) is 19.4. The summed E-state index contributed by atoms with van der Waals surface area (Å²) < 4.78 is 69.1. The molecule has 0 unspecified atom stereocenters. The van der Waals surface area contributed by atoms with Crippen molar-refractivity contribution in [1.82, 2.24) is 0 Å². The van der Waals surface area contributed by atoms with E-state index >= 15 is 0 Å². The minimum atomic E-state index is -0.856. The van der Waals surface area contributed by atoms with Gasteiger partial charge in [0.05, 0.1) is 12.7 Å². The number of rotatable bonds is 8. The summed E-state index contributed by atoms with van der Waals surface area (Å²) in [4.78, 5) is 0. The van der Waals surface area contributed by atoms with Crippen molar-refractivity contribution in [2.45, 2.75) is 109 Å². The molecule has 3 fully saturated rings. The van der Waals surface area contributed by atoms with Crippen LogP contribution in [0.3, 0.4) is 0 Å². The van der Waals surface area contributed by atoms with E-state index in [2.05, 4.69) is 0 Å². The molecule has 0 spiro atoms. The summed E-state index contributed by atoms with van der Waals surface area (Å²) in [6, 6.07) is 6.72. The van der Waals surface area contributed by atoms with Gasteiger partial charge in [0.1, 0.15) is 0 Å². The number of aryl methyl sites for hydroxylation is 1. The third kappa shape index (κ3) is 6.53. The van der Waals surface area contributed by atoms with Gasteiger partial charge in [0.2, 0.25) is 5.82 Å². The highest BCUT2D eigenvalue weighted by molar-refractivity contribution is 5.33. The Labute approximate surface area is 236 Å². The minimum absolute atomic E-state index is 0.000165. The Morgan fingerprint density at radius 1 is 0.625 bits per heavy atom. The molecule has 5 rings (SSSR count). The molecule has 6 heteroatoms. The summed E-state index contributed by atoms with van der Waals surface area (Å²) in [6.45, 7) is 4.48. The molecule has 0 atom stereocenters. The molecule has 0 bridgehead atoms. The molecule has 3 aliphatic rings. The van der Waals surface area contributed by atoms with Gasteiger partial charge in [-0.25, -0.2) is 13.2 Å². The molecule has 3 saturated carbocycles. The summed E-state index contributed by atoms with van der Waals surface area (Å²) in [6.07, 6.45) is 12.5. The minimum Gasteiger partial charge on any atom is -0.491 e. The molecule has 0 heterocycles. The zero-order valence-electron chi connectivity index (χ0n) is 24.0. The number of benzene rings is 2. The molecule has 0 aliphatic heterocycles. The van der Waals surface area contributed by atoms with Crippen LogP contribution in [0.25, 0.3) is 0 Å². The number of hydrogen-bond acceptors (Lipinski definition) is 2. The van der Waals surface area contributed by atoms with Crippen LogP contribution in [0.4, 0.5) is 17.6 Å². The van der Waals surface area contributed by atoms with Crippen molar-refractivity contribution in [2.75, 3.05) is 13.2 Å². The van der Waals surface area contributed by atoms with Crippen LogP contribution in [0.5, 0.6) is 5.75 Å². The molecular weight excluding hydrogens is 516 g/mol. The average Bonchev–Trinajstić information content (AvgIpc) is 2.98. The fraction of sp³-hybridized carbons (Fsp3) is 0.647. The highest BCUT2D eigenvalue weighted by Gasteiger charge is 2.33. The second-order valence-electron chi connectivity index (χ2n) is 12.5. The van der Waals surface area contributed by atoms with Gasteiger partial charge in [-0.05, 0) is 143 Å². The summed E-state index contributed by atoms with van der Waals surface area (Å²) in [5.74, 6) is -0.827. The third-order valence-corrected chi connectivity index (χ3v) is 10.1. The van der Waals surface area contributed by atoms with Crippen LogP contribution < -0.4 is 4.74 Å². The van der Waals surface area contributed by atoms with Crippen LogP contribution in [0.1, 0.15) is 112 Å². The monoisotopic (exact) mass is 560 g/mol. The van der Waals surface area contributed by atoms with Crippen molar-refractivity contribution in [3.05, 3.63) is 64.2 Å². The predicted octanol–water partition coefficient (Wildman–Crippen LogP) is 9.77. The number of hydrogen-bond donors (Lipinski definition) is 0. The van der Waals surface area contributed by atoms with Gasteiger partial charge in [0.25, 0.3) is 0 Å². The molecule has 0 aromatic heterocycles. The van der Waals surface area contributed by atoms with E-state index < -0.39 is 23.3 Å². The average molecular weight is 561 g/mol. The van der Waals surface area contributed by atoms with E-state index in [1.165, 1.54) is 25.7 Å². The van der Waals surface area contributed by atoms with Crippen molar-refractivity contribution in [3.63, 3.8) is 0 Å². The normalized spacial score (nSPS) is 29.4. The van der Waals surface area contributed by atoms with Crippen LogP contribution in [0.15, 0.2) is 24.3 Å². The highest BCUT2D eigenvalue weighted by atomic mass is 19.2. The molecule has 2 aromatic carbocycles. The van der Waals surface area contributed by atoms with Gasteiger partial charge < -0.3 is 9.47 Å². The maximum Gasteiger partial charge on any atom is 0.200 e. The quantitative estimate of drug-likeness (QED) is 0.299. The molecule has 220 valence electrons. The zero-order valence-corrected chi connectivity index (χ0v) is 24.0. The second-order valence-corrected chi connectivity index (χ2v) is 12.5. The molecule has 40 heavy (non-hydrogen) atoms. The van der Waals surface area contributed by atoms with Crippen LogP contribution in [-0.4, -0.2) is 19.3 Å². The van der Waals surface area contributed by atoms with E-state index in [-0.39, 0.29) is 23.7 Å². The Balaban J connectivity index is 1.02. The standard InChI is InChI=1S/C34H44F4O2/c1-3-39-30-19-18-29(33(37)34(30)38)25-11-9-24(10-12-25)23-7-5-22(6-8-23)20-40-27-15-13-26(14-16-27)28-17-4-21(2)31(35)32(28)36/h4,17-19,22-27H,3,5-16,20H2,1-2H3. The highest BCUT2D eigenvalue weighted by Crippen LogP contribution is 2.45. The maximum atomic E-state index is 14.7. The van der Waals surface area contributed by atoms with Gasteiger partial charge in [-0.3, -0.25) is 0 Å². The van der Waals surface area contributed by atoms with Gasteiger partial charge in [0, 0.05) is 6.61 Å². The number of ether oxygens (including phenoxy) is 2. The van der Waals surface area contributed by atoms with E-state index in [0.717, 1.165) is 63.9 Å². The summed E-state index contributed by atoms with van der Waals surface area (Å²) in [7, 11) is 0. The summed E-state index contributed by atoms with van der Waals surface area (Å²) in [5, 5.41) is 0. The zero-order chi connectivity index (χ0) is 28.2. The third-order valence-electron chi connectivity index (χ3n) is 10.1. The Kier molecular flexibility index (Phi) is 9.76. The summed E-state index contributed by atoms with van der Waals surface area (Å²) in [5.41, 5.74) is 1.38. The lowest BCUT2D eigenvalue weighted by Crippen LogP contribution is -2.29. The topological polar surface area (TPSA) is 18.5 Å². The van der Waals surface area contributed by atoms with E-state index in [1.807, 2.05) is 0 Å². The molecule has 0 saturated heterocycles. The number of halogens is 4. The van der Waals surface area contributed by atoms with Gasteiger partial charge in [-0.15, -0.1) is 0 Å². The van der Waals surface area contributed by atoms with Gasteiger partial charge in [0.15, 0.2) is 23.2 Å². The van der Waals surface area contributed by atoms with Crippen molar-refractivity contribution in [2.24, 2.45) is 17.8 Å². The fourth-order valence-corrected chi connectivity index (χ4v) is 7.65. The van der Waals surface area contributed by atoms with Gasteiger partial charge in [-0.2, -0.15) is 4.39 Å². The lowest BCUT2D eigenvalue weighted by atomic mass is 9.68. The Morgan fingerprint density at radius 3 is 1.75 bits per heavy atom. The van der Waals surface area contributed by atoms with E-state index in [9.17, 15) is 17.6 Å². The predicted molar refractivity (Wildman–Crippen MR) is 150 cm³/mol. The van der Waals surface area contributed by atoms with Gasteiger partial charge >= 0.3 is 0 Å². The van der Waals surface area contributed by atoms with Gasteiger partial charge in [-0.1, -0.05) is 18.2 Å².